The van der Waals surface area contributed by atoms with Gasteiger partial charge in [-0.05, 0) is 50.4 Å². The standard InChI is InChI=1S/C17H18N2/c18-13-15-5-3-4-14(12-15)7-8-17-10-9-16-6-1-2-11-19(16)17/h3-5,12,16-17H,1-2,6,9-11H2/t16-,17?/m0/s1. The van der Waals surface area contributed by atoms with E-state index in [1.807, 2.05) is 24.3 Å². The van der Waals surface area contributed by atoms with Crippen molar-refractivity contribution < 1.29 is 0 Å². The summed E-state index contributed by atoms with van der Waals surface area (Å²) < 4.78 is 0. The van der Waals surface area contributed by atoms with Crippen LogP contribution >= 0.6 is 0 Å². The zero-order valence-electron chi connectivity index (χ0n) is 11.1. The maximum Gasteiger partial charge on any atom is 0.0992 e. The van der Waals surface area contributed by atoms with Crippen LogP contribution in [0.5, 0.6) is 0 Å². The smallest absolute Gasteiger partial charge is 0.0992 e. The minimum Gasteiger partial charge on any atom is -0.287 e. The summed E-state index contributed by atoms with van der Waals surface area (Å²) >= 11 is 0. The van der Waals surface area contributed by atoms with Crippen molar-refractivity contribution in [1.82, 2.24) is 4.90 Å². The van der Waals surface area contributed by atoms with E-state index in [1.54, 1.807) is 0 Å². The van der Waals surface area contributed by atoms with Gasteiger partial charge in [-0.2, -0.15) is 5.26 Å². The molecule has 96 valence electrons. The molecule has 2 saturated heterocycles. The Morgan fingerprint density at radius 1 is 1.11 bits per heavy atom. The molecule has 1 aromatic rings. The predicted octanol–water partition coefficient (Wildman–Crippen LogP) is 2.93. The third kappa shape index (κ3) is 2.65. The fourth-order valence-electron chi connectivity index (χ4n) is 3.25. The highest BCUT2D eigenvalue weighted by molar-refractivity contribution is 5.42. The third-order valence-corrected chi connectivity index (χ3v) is 4.22. The second kappa shape index (κ2) is 5.47. The minimum atomic E-state index is 0.427. The number of fused-ring (bicyclic) bond motifs is 1. The summed E-state index contributed by atoms with van der Waals surface area (Å²) in [6.07, 6.45) is 6.55. The summed E-state index contributed by atoms with van der Waals surface area (Å²) in [6, 6.07) is 10.9. The van der Waals surface area contributed by atoms with Crippen molar-refractivity contribution in [2.75, 3.05) is 6.54 Å². The van der Waals surface area contributed by atoms with Crippen molar-refractivity contribution in [3.63, 3.8) is 0 Å². The summed E-state index contributed by atoms with van der Waals surface area (Å²) in [4.78, 5) is 2.59. The van der Waals surface area contributed by atoms with Gasteiger partial charge in [-0.1, -0.05) is 24.3 Å². The molecular weight excluding hydrogens is 232 g/mol. The molecule has 3 rings (SSSR count). The van der Waals surface area contributed by atoms with Gasteiger partial charge >= 0.3 is 0 Å². The molecule has 2 aliphatic heterocycles. The van der Waals surface area contributed by atoms with E-state index in [0.29, 0.717) is 11.6 Å². The molecule has 0 aliphatic carbocycles. The molecule has 0 saturated carbocycles. The average Bonchev–Trinajstić information content (AvgIpc) is 2.89. The fourth-order valence-corrected chi connectivity index (χ4v) is 3.25. The van der Waals surface area contributed by atoms with Gasteiger partial charge in [0.1, 0.15) is 0 Å². The van der Waals surface area contributed by atoms with Crippen LogP contribution in [0.3, 0.4) is 0 Å². The topological polar surface area (TPSA) is 27.0 Å². The lowest BCUT2D eigenvalue weighted by molar-refractivity contribution is 0.173. The molecule has 2 fully saturated rings. The van der Waals surface area contributed by atoms with E-state index in [2.05, 4.69) is 22.8 Å². The van der Waals surface area contributed by atoms with Gasteiger partial charge in [0.05, 0.1) is 17.7 Å². The van der Waals surface area contributed by atoms with Crippen LogP contribution in [-0.4, -0.2) is 23.5 Å². The lowest BCUT2D eigenvalue weighted by Gasteiger charge is -2.31. The number of rotatable bonds is 0. The average molecular weight is 250 g/mol. The van der Waals surface area contributed by atoms with Crippen LogP contribution in [0.1, 0.15) is 43.2 Å². The second-order valence-electron chi connectivity index (χ2n) is 5.44. The molecule has 0 radical (unpaired) electrons. The number of benzene rings is 1. The lowest BCUT2D eigenvalue weighted by Crippen LogP contribution is -2.39. The van der Waals surface area contributed by atoms with Crippen molar-refractivity contribution in [3.8, 4) is 17.9 Å². The molecule has 2 heteroatoms. The SMILES string of the molecule is N#Cc1cccc(C#CC2CC[C@@H]3CCCCN23)c1. The van der Waals surface area contributed by atoms with E-state index < -0.39 is 0 Å². The van der Waals surface area contributed by atoms with Crippen LogP contribution < -0.4 is 0 Å². The van der Waals surface area contributed by atoms with Gasteiger partial charge in [-0.3, -0.25) is 4.90 Å². The van der Waals surface area contributed by atoms with Crippen molar-refractivity contribution in [3.05, 3.63) is 35.4 Å². The summed E-state index contributed by atoms with van der Waals surface area (Å²) in [5.41, 5.74) is 1.65. The molecule has 2 atom stereocenters. The van der Waals surface area contributed by atoms with Gasteiger partial charge in [0, 0.05) is 11.6 Å². The van der Waals surface area contributed by atoms with E-state index in [1.165, 1.54) is 38.6 Å². The molecule has 0 N–H and O–H groups in total. The maximum absolute atomic E-state index is 8.89. The van der Waals surface area contributed by atoms with E-state index in [-0.39, 0.29) is 0 Å². The number of nitriles is 1. The number of piperidine rings is 1. The molecule has 0 aromatic heterocycles. The molecule has 2 heterocycles. The van der Waals surface area contributed by atoms with Crippen molar-refractivity contribution in [1.29, 1.82) is 5.26 Å². The summed E-state index contributed by atoms with van der Waals surface area (Å²) in [7, 11) is 0. The predicted molar refractivity (Wildman–Crippen MR) is 75.4 cm³/mol. The Hall–Kier alpha value is -1.77. The van der Waals surface area contributed by atoms with Gasteiger partial charge in [0.15, 0.2) is 0 Å². The van der Waals surface area contributed by atoms with Crippen LogP contribution in [0, 0.1) is 23.2 Å². The first kappa shape index (κ1) is 12.3. The molecule has 19 heavy (non-hydrogen) atoms. The summed E-state index contributed by atoms with van der Waals surface area (Å²) in [5, 5.41) is 8.89. The molecule has 1 unspecified atom stereocenters. The number of nitrogens with zero attached hydrogens (tertiary/aromatic N) is 2. The van der Waals surface area contributed by atoms with Crippen LogP contribution in [0.4, 0.5) is 0 Å². The first-order chi connectivity index (χ1) is 9.36. The molecule has 2 nitrogen and oxygen atoms in total. The largest absolute Gasteiger partial charge is 0.287 e. The Morgan fingerprint density at radius 2 is 2.00 bits per heavy atom. The monoisotopic (exact) mass is 250 g/mol. The Kier molecular flexibility index (Phi) is 3.53. The first-order valence-corrected chi connectivity index (χ1v) is 7.14. The van der Waals surface area contributed by atoms with E-state index >= 15 is 0 Å². The maximum atomic E-state index is 8.89. The normalized spacial score (nSPS) is 26.1. The Morgan fingerprint density at radius 3 is 2.89 bits per heavy atom. The zero-order valence-corrected chi connectivity index (χ0v) is 11.1. The number of hydrogen-bond donors (Lipinski definition) is 0. The summed E-state index contributed by atoms with van der Waals surface area (Å²) in [6.45, 7) is 1.21. The molecular formula is C17H18N2. The Bertz CT molecular complexity index is 559. The van der Waals surface area contributed by atoms with Gasteiger partial charge in [0.25, 0.3) is 0 Å². The Labute approximate surface area is 115 Å². The fraction of sp³-hybridized carbons (Fsp3) is 0.471. The molecule has 2 aliphatic rings. The third-order valence-electron chi connectivity index (χ3n) is 4.22. The zero-order chi connectivity index (χ0) is 13.1. The minimum absolute atomic E-state index is 0.427. The molecule has 0 bridgehead atoms. The van der Waals surface area contributed by atoms with Gasteiger partial charge in [-0.25, -0.2) is 0 Å². The van der Waals surface area contributed by atoms with E-state index in [0.717, 1.165) is 11.6 Å². The van der Waals surface area contributed by atoms with Crippen LogP contribution in [0.2, 0.25) is 0 Å². The van der Waals surface area contributed by atoms with E-state index in [4.69, 9.17) is 5.26 Å². The van der Waals surface area contributed by atoms with Gasteiger partial charge in [-0.15, -0.1) is 0 Å². The quantitative estimate of drug-likeness (QED) is 0.662. The highest BCUT2D eigenvalue weighted by atomic mass is 15.2. The summed E-state index contributed by atoms with van der Waals surface area (Å²) in [5.74, 6) is 6.67. The Balaban J connectivity index is 1.75. The van der Waals surface area contributed by atoms with Crippen LogP contribution in [0.15, 0.2) is 24.3 Å². The highest BCUT2D eigenvalue weighted by Crippen LogP contribution is 2.31. The van der Waals surface area contributed by atoms with Gasteiger partial charge in [0.2, 0.25) is 0 Å². The van der Waals surface area contributed by atoms with E-state index in [9.17, 15) is 0 Å². The highest BCUT2D eigenvalue weighted by Gasteiger charge is 2.33. The number of hydrogen-bond acceptors (Lipinski definition) is 2. The van der Waals surface area contributed by atoms with Crippen molar-refractivity contribution in [2.45, 2.75) is 44.2 Å². The van der Waals surface area contributed by atoms with Crippen LogP contribution in [0.25, 0.3) is 0 Å². The van der Waals surface area contributed by atoms with Crippen LogP contribution in [-0.2, 0) is 0 Å². The lowest BCUT2D eigenvalue weighted by atomic mass is 10.0. The van der Waals surface area contributed by atoms with Gasteiger partial charge < -0.3 is 0 Å². The first-order valence-electron chi connectivity index (χ1n) is 7.14. The second-order valence-corrected chi connectivity index (χ2v) is 5.44. The molecule has 0 amide bonds. The van der Waals surface area contributed by atoms with Crippen molar-refractivity contribution in [2.24, 2.45) is 0 Å². The van der Waals surface area contributed by atoms with Crippen molar-refractivity contribution >= 4 is 0 Å². The molecule has 1 aromatic carbocycles. The molecule has 0 spiro atoms.